The second-order valence-corrected chi connectivity index (χ2v) is 10.6. The number of piperazine rings is 1. The lowest BCUT2D eigenvalue weighted by atomic mass is 9.87. The minimum Gasteiger partial charge on any atom is -0.462 e. The number of pyridine rings is 1. The van der Waals surface area contributed by atoms with Gasteiger partial charge in [0.15, 0.2) is 0 Å². The molecule has 1 saturated heterocycles. The van der Waals surface area contributed by atoms with Gasteiger partial charge in [0.1, 0.15) is 28.8 Å². The zero-order chi connectivity index (χ0) is 30.9. The van der Waals surface area contributed by atoms with Crippen molar-refractivity contribution < 1.29 is 27.8 Å². The SMILES string of the molecule is CCOC(=O)c1ccc(OC(=O)c2cccnc2N2CCN(CCCC(c3ccc(F)cc3)c3ccc(F)cc3)CC2)cc1. The smallest absolute Gasteiger partial charge is 0.347 e. The number of benzene rings is 3. The molecule has 1 fully saturated rings. The number of carbonyl (C=O) groups excluding carboxylic acids is 2. The van der Waals surface area contributed by atoms with Crippen LogP contribution in [0.15, 0.2) is 91.1 Å². The summed E-state index contributed by atoms with van der Waals surface area (Å²) in [5.74, 6) is -0.570. The topological polar surface area (TPSA) is 72.0 Å². The van der Waals surface area contributed by atoms with Crippen LogP contribution >= 0.6 is 0 Å². The van der Waals surface area contributed by atoms with E-state index in [0.29, 0.717) is 35.8 Å². The van der Waals surface area contributed by atoms with Crippen LogP contribution in [0.2, 0.25) is 0 Å². The highest BCUT2D eigenvalue weighted by atomic mass is 19.1. The van der Waals surface area contributed by atoms with Gasteiger partial charge in [-0.1, -0.05) is 24.3 Å². The molecule has 0 N–H and O–H groups in total. The van der Waals surface area contributed by atoms with Gasteiger partial charge >= 0.3 is 11.9 Å². The molecule has 1 aliphatic rings. The lowest BCUT2D eigenvalue weighted by Gasteiger charge is -2.36. The minimum absolute atomic E-state index is 0.0425. The number of aromatic nitrogens is 1. The Morgan fingerprint density at radius 1 is 0.818 bits per heavy atom. The van der Waals surface area contributed by atoms with Crippen LogP contribution in [-0.2, 0) is 4.74 Å². The zero-order valence-electron chi connectivity index (χ0n) is 24.6. The Bertz CT molecular complexity index is 1490. The van der Waals surface area contributed by atoms with Crippen molar-refractivity contribution in [2.75, 3.05) is 44.2 Å². The monoisotopic (exact) mass is 599 g/mol. The fraction of sp³-hybridized carbons (Fsp3) is 0.286. The lowest BCUT2D eigenvalue weighted by Crippen LogP contribution is -2.47. The van der Waals surface area contributed by atoms with Crippen LogP contribution in [0.5, 0.6) is 5.75 Å². The Balaban J connectivity index is 1.16. The standard InChI is InChI=1S/C35H35F2N3O4/c1-2-43-34(41)27-11-17-30(18-12-27)44-35(42)32-5-3-19-38-33(32)40-23-21-39(22-24-40)20-4-6-31(25-7-13-28(36)14-8-25)26-9-15-29(37)16-10-26/h3,5,7-19,31H,2,4,6,20-24H2,1H3. The van der Waals surface area contributed by atoms with Crippen molar-refractivity contribution in [1.82, 2.24) is 9.88 Å². The van der Waals surface area contributed by atoms with E-state index in [4.69, 9.17) is 9.47 Å². The average Bonchev–Trinajstić information content (AvgIpc) is 3.05. The fourth-order valence-corrected chi connectivity index (χ4v) is 5.46. The second-order valence-electron chi connectivity index (χ2n) is 10.6. The molecule has 0 saturated carbocycles. The van der Waals surface area contributed by atoms with Crippen LogP contribution in [0.25, 0.3) is 0 Å². The Labute approximate surface area is 256 Å². The van der Waals surface area contributed by atoms with E-state index in [1.165, 1.54) is 24.3 Å². The van der Waals surface area contributed by atoms with Crippen LogP contribution in [-0.4, -0.2) is 61.2 Å². The third-order valence-electron chi connectivity index (χ3n) is 7.77. The minimum atomic E-state index is -0.521. The van der Waals surface area contributed by atoms with Crippen LogP contribution < -0.4 is 9.64 Å². The number of hydrogen-bond acceptors (Lipinski definition) is 7. The molecule has 7 nitrogen and oxygen atoms in total. The van der Waals surface area contributed by atoms with Gasteiger partial charge < -0.3 is 14.4 Å². The highest BCUT2D eigenvalue weighted by Crippen LogP contribution is 2.30. The van der Waals surface area contributed by atoms with Crippen LogP contribution in [0, 0.1) is 11.6 Å². The molecule has 3 aromatic carbocycles. The van der Waals surface area contributed by atoms with Gasteiger partial charge in [-0.05, 0) is 98.1 Å². The summed E-state index contributed by atoms with van der Waals surface area (Å²) in [7, 11) is 0. The number of ether oxygens (including phenoxy) is 2. The summed E-state index contributed by atoms with van der Waals surface area (Å²) in [5, 5.41) is 0. The molecule has 0 atom stereocenters. The quantitative estimate of drug-likeness (QED) is 0.144. The van der Waals surface area contributed by atoms with Crippen molar-refractivity contribution >= 4 is 17.8 Å². The van der Waals surface area contributed by atoms with E-state index < -0.39 is 11.9 Å². The maximum atomic E-state index is 13.6. The number of halogens is 2. The molecule has 0 unspecified atom stereocenters. The largest absolute Gasteiger partial charge is 0.462 e. The van der Waals surface area contributed by atoms with E-state index >= 15 is 0 Å². The van der Waals surface area contributed by atoms with E-state index in [0.717, 1.165) is 43.6 Å². The molecule has 0 amide bonds. The molecule has 0 spiro atoms. The van der Waals surface area contributed by atoms with Gasteiger partial charge in [0.25, 0.3) is 0 Å². The first-order valence-electron chi connectivity index (χ1n) is 14.8. The van der Waals surface area contributed by atoms with Crippen molar-refractivity contribution in [1.29, 1.82) is 0 Å². The highest BCUT2D eigenvalue weighted by Gasteiger charge is 2.24. The van der Waals surface area contributed by atoms with E-state index in [2.05, 4.69) is 14.8 Å². The molecule has 0 radical (unpaired) electrons. The van der Waals surface area contributed by atoms with Gasteiger partial charge in [0.2, 0.25) is 0 Å². The molecule has 4 aromatic rings. The van der Waals surface area contributed by atoms with Crippen molar-refractivity contribution in [3.8, 4) is 5.75 Å². The maximum Gasteiger partial charge on any atom is 0.347 e. The second kappa shape index (κ2) is 14.7. The number of rotatable bonds is 11. The van der Waals surface area contributed by atoms with Crippen molar-refractivity contribution in [3.63, 3.8) is 0 Å². The predicted molar refractivity (Wildman–Crippen MR) is 164 cm³/mol. The molecule has 1 aromatic heterocycles. The van der Waals surface area contributed by atoms with Crippen molar-refractivity contribution in [3.05, 3.63) is 125 Å². The third-order valence-corrected chi connectivity index (χ3v) is 7.77. The first-order chi connectivity index (χ1) is 21.4. The van der Waals surface area contributed by atoms with E-state index in [1.807, 2.05) is 0 Å². The third kappa shape index (κ3) is 7.85. The number of nitrogens with zero attached hydrogens (tertiary/aromatic N) is 3. The summed E-state index contributed by atoms with van der Waals surface area (Å²) in [6.07, 6.45) is 3.42. The molecule has 1 aliphatic heterocycles. The Hall–Kier alpha value is -4.63. The Morgan fingerprint density at radius 2 is 1.43 bits per heavy atom. The summed E-state index contributed by atoms with van der Waals surface area (Å²) >= 11 is 0. The number of hydrogen-bond donors (Lipinski definition) is 0. The summed E-state index contributed by atoms with van der Waals surface area (Å²) < 4.78 is 37.8. The van der Waals surface area contributed by atoms with Crippen molar-refractivity contribution in [2.45, 2.75) is 25.7 Å². The maximum absolute atomic E-state index is 13.6. The van der Waals surface area contributed by atoms with Gasteiger partial charge in [0, 0.05) is 38.3 Å². The molecule has 2 heterocycles. The lowest BCUT2D eigenvalue weighted by molar-refractivity contribution is 0.0526. The van der Waals surface area contributed by atoms with Gasteiger partial charge in [-0.3, -0.25) is 4.90 Å². The summed E-state index contributed by atoms with van der Waals surface area (Å²) in [6.45, 7) is 5.91. The predicted octanol–water partition coefficient (Wildman–Crippen LogP) is 6.49. The number of carbonyl (C=O) groups is 2. The summed E-state index contributed by atoms with van der Waals surface area (Å²) in [4.78, 5) is 34.0. The molecular formula is C35H35F2N3O4. The number of esters is 2. The van der Waals surface area contributed by atoms with Gasteiger partial charge in [-0.2, -0.15) is 0 Å². The fourth-order valence-electron chi connectivity index (χ4n) is 5.46. The molecule has 44 heavy (non-hydrogen) atoms. The molecule has 5 rings (SSSR count). The molecule has 228 valence electrons. The van der Waals surface area contributed by atoms with Crippen LogP contribution in [0.4, 0.5) is 14.6 Å². The van der Waals surface area contributed by atoms with Crippen molar-refractivity contribution in [2.24, 2.45) is 0 Å². The van der Waals surface area contributed by atoms with Gasteiger partial charge in [-0.25, -0.2) is 23.4 Å². The molecule has 0 aliphatic carbocycles. The number of anilines is 1. The first kappa shape index (κ1) is 30.8. The van der Waals surface area contributed by atoms with E-state index in [1.54, 1.807) is 73.8 Å². The van der Waals surface area contributed by atoms with Gasteiger partial charge in [-0.15, -0.1) is 0 Å². The highest BCUT2D eigenvalue weighted by molar-refractivity contribution is 5.96. The van der Waals surface area contributed by atoms with E-state index in [9.17, 15) is 18.4 Å². The van der Waals surface area contributed by atoms with E-state index in [-0.39, 0.29) is 24.2 Å². The summed E-state index contributed by atoms with van der Waals surface area (Å²) in [6, 6.07) is 22.7. The van der Waals surface area contributed by atoms with Gasteiger partial charge in [0.05, 0.1) is 12.2 Å². The molecule has 0 bridgehead atoms. The Kier molecular flexibility index (Phi) is 10.3. The van der Waals surface area contributed by atoms with Crippen LogP contribution in [0.1, 0.15) is 57.5 Å². The average molecular weight is 600 g/mol. The molecule has 9 heteroatoms. The Morgan fingerprint density at radius 3 is 2.02 bits per heavy atom. The van der Waals surface area contributed by atoms with Crippen LogP contribution in [0.3, 0.4) is 0 Å². The normalized spacial score (nSPS) is 13.6. The zero-order valence-corrected chi connectivity index (χ0v) is 24.6. The first-order valence-corrected chi connectivity index (χ1v) is 14.8. The summed E-state index contributed by atoms with van der Waals surface area (Å²) in [5.41, 5.74) is 2.77. The molecular weight excluding hydrogens is 564 g/mol.